The highest BCUT2D eigenvalue weighted by atomic mass is 19.4. The Hall–Kier alpha value is -1.45. The summed E-state index contributed by atoms with van der Waals surface area (Å²) in [6, 6.07) is -0.676. The van der Waals surface area contributed by atoms with E-state index in [9.17, 15) is 26.7 Å². The van der Waals surface area contributed by atoms with Crippen molar-refractivity contribution in [3.05, 3.63) is 0 Å². The Morgan fingerprint density at radius 1 is 1.37 bits per heavy atom. The lowest BCUT2D eigenvalue weighted by Gasteiger charge is -2.15. The first-order valence-corrected chi connectivity index (χ1v) is 5.00. The van der Waals surface area contributed by atoms with E-state index in [4.69, 9.17) is 9.90 Å². The molecule has 1 amide bonds. The number of carbonyl (C=O) groups is 2. The summed E-state index contributed by atoms with van der Waals surface area (Å²) in [5, 5.41) is 9.49. The smallest absolute Gasteiger partial charge is 0.475 e. The van der Waals surface area contributed by atoms with Gasteiger partial charge in [-0.25, -0.2) is 13.6 Å². The molecule has 1 saturated heterocycles. The maximum atomic E-state index is 12.7. The largest absolute Gasteiger partial charge is 0.490 e. The van der Waals surface area contributed by atoms with Crippen molar-refractivity contribution in [3.8, 4) is 0 Å². The minimum Gasteiger partial charge on any atom is -0.475 e. The number of likely N-dealkylation sites (N-methyl/N-ethyl adjacent to an activating group) is 2. The fourth-order valence-corrected chi connectivity index (χ4v) is 1.44. The molecule has 0 radical (unpaired) electrons. The topological polar surface area (TPSA) is 69.6 Å². The van der Waals surface area contributed by atoms with Crippen molar-refractivity contribution in [3.63, 3.8) is 0 Å². The number of alkyl halides is 5. The molecule has 19 heavy (non-hydrogen) atoms. The third-order valence-corrected chi connectivity index (χ3v) is 2.30. The fourth-order valence-electron chi connectivity index (χ4n) is 1.44. The van der Waals surface area contributed by atoms with E-state index in [2.05, 4.69) is 5.32 Å². The molecule has 0 spiro atoms. The Kier molecular flexibility index (Phi) is 5.66. The second-order valence-corrected chi connectivity index (χ2v) is 3.91. The average Bonchev–Trinajstić information content (AvgIpc) is 2.50. The molecule has 1 atom stereocenters. The van der Waals surface area contributed by atoms with Gasteiger partial charge in [0.25, 0.3) is 5.92 Å². The first kappa shape index (κ1) is 17.6. The molecule has 112 valence electrons. The number of carbonyl (C=O) groups excluding carboxylic acids is 1. The number of amides is 1. The normalized spacial score (nSPS) is 22.4. The third-order valence-electron chi connectivity index (χ3n) is 2.30. The molecule has 0 aliphatic carbocycles. The van der Waals surface area contributed by atoms with Crippen LogP contribution in [0.2, 0.25) is 0 Å². The second-order valence-electron chi connectivity index (χ2n) is 3.91. The number of nitrogens with zero attached hydrogens (tertiary/aromatic N) is 1. The third kappa shape index (κ3) is 5.81. The van der Waals surface area contributed by atoms with E-state index in [-0.39, 0.29) is 18.9 Å². The highest BCUT2D eigenvalue weighted by Crippen LogP contribution is 2.30. The Morgan fingerprint density at radius 3 is 2.00 bits per heavy atom. The van der Waals surface area contributed by atoms with Crippen LogP contribution in [0.3, 0.4) is 0 Å². The number of nitrogens with one attached hydrogen (secondary N) is 1. The number of hydrogen-bond acceptors (Lipinski definition) is 3. The molecule has 0 saturated carbocycles. The highest BCUT2D eigenvalue weighted by molar-refractivity contribution is 5.81. The van der Waals surface area contributed by atoms with E-state index in [1.807, 2.05) is 0 Å². The van der Waals surface area contributed by atoms with Crippen LogP contribution in [-0.2, 0) is 9.59 Å². The molecular weight excluding hydrogens is 279 g/mol. The average molecular weight is 292 g/mol. The van der Waals surface area contributed by atoms with Crippen LogP contribution in [0.25, 0.3) is 0 Å². The van der Waals surface area contributed by atoms with Crippen molar-refractivity contribution in [1.82, 2.24) is 10.2 Å². The Bertz CT molecular complexity index is 345. The molecule has 0 aromatic rings. The predicted octanol–water partition coefficient (Wildman–Crippen LogP) is 0.705. The summed E-state index contributed by atoms with van der Waals surface area (Å²) < 4.78 is 57.2. The van der Waals surface area contributed by atoms with Gasteiger partial charge in [-0.3, -0.25) is 9.69 Å². The zero-order valence-electron chi connectivity index (χ0n) is 10.1. The summed E-state index contributed by atoms with van der Waals surface area (Å²) in [5.41, 5.74) is 0. The van der Waals surface area contributed by atoms with E-state index in [0.29, 0.717) is 0 Å². The Labute approximate surface area is 105 Å². The van der Waals surface area contributed by atoms with Gasteiger partial charge in [-0.15, -0.1) is 0 Å². The number of likely N-dealkylation sites (tertiary alicyclic amines) is 1. The Morgan fingerprint density at radius 2 is 1.79 bits per heavy atom. The number of rotatable bonds is 1. The molecule has 0 bridgehead atoms. The van der Waals surface area contributed by atoms with Gasteiger partial charge in [-0.1, -0.05) is 0 Å². The second kappa shape index (κ2) is 6.13. The quantitative estimate of drug-likeness (QED) is 0.698. The van der Waals surface area contributed by atoms with Crippen LogP contribution in [0.1, 0.15) is 6.42 Å². The van der Waals surface area contributed by atoms with E-state index >= 15 is 0 Å². The van der Waals surface area contributed by atoms with Crippen LogP contribution in [-0.4, -0.2) is 60.7 Å². The van der Waals surface area contributed by atoms with Crippen LogP contribution in [0.4, 0.5) is 22.0 Å². The highest BCUT2D eigenvalue weighted by Gasteiger charge is 2.45. The standard InChI is InChI=1S/C7H12F2N2O.C2HF3O2/c1-10-6(12)5-3-7(8,9)4-11(5)2;3-2(4,5)1(6)7/h5H,3-4H2,1-2H3,(H,10,12);(H,6,7)/t5-;/m0./s1. The van der Waals surface area contributed by atoms with Crippen molar-refractivity contribution in [2.24, 2.45) is 0 Å². The minimum absolute atomic E-state index is 0.328. The summed E-state index contributed by atoms with van der Waals surface area (Å²) in [5.74, 6) is -5.81. The molecule has 2 N–H and O–H groups in total. The van der Waals surface area contributed by atoms with Crippen molar-refractivity contribution in [2.75, 3.05) is 20.6 Å². The van der Waals surface area contributed by atoms with Crippen molar-refractivity contribution >= 4 is 11.9 Å². The molecule has 5 nitrogen and oxygen atoms in total. The summed E-state index contributed by atoms with van der Waals surface area (Å²) in [4.78, 5) is 21.3. The summed E-state index contributed by atoms with van der Waals surface area (Å²) in [6.45, 7) is -0.328. The van der Waals surface area contributed by atoms with E-state index in [1.54, 1.807) is 0 Å². The van der Waals surface area contributed by atoms with E-state index in [1.165, 1.54) is 19.0 Å². The van der Waals surface area contributed by atoms with Gasteiger partial charge >= 0.3 is 12.1 Å². The molecule has 1 heterocycles. The monoisotopic (exact) mass is 292 g/mol. The number of halogens is 5. The van der Waals surface area contributed by atoms with Gasteiger partial charge in [-0.05, 0) is 7.05 Å². The summed E-state index contributed by atoms with van der Waals surface area (Å²) in [6.07, 6.45) is -5.46. The van der Waals surface area contributed by atoms with Gasteiger partial charge in [0.2, 0.25) is 5.91 Å². The molecule has 1 aliphatic rings. The predicted molar refractivity (Wildman–Crippen MR) is 53.7 cm³/mol. The maximum Gasteiger partial charge on any atom is 0.490 e. The summed E-state index contributed by atoms with van der Waals surface area (Å²) >= 11 is 0. The number of carboxylic acids is 1. The number of hydrogen-bond donors (Lipinski definition) is 2. The molecule has 0 aromatic carbocycles. The van der Waals surface area contributed by atoms with Crippen LogP contribution in [0.15, 0.2) is 0 Å². The SMILES string of the molecule is CNC(=O)[C@@H]1CC(F)(F)CN1C.O=C(O)C(F)(F)F. The summed E-state index contributed by atoms with van der Waals surface area (Å²) in [7, 11) is 2.98. The lowest BCUT2D eigenvalue weighted by atomic mass is 10.2. The molecule has 0 unspecified atom stereocenters. The first-order valence-electron chi connectivity index (χ1n) is 5.00. The van der Waals surface area contributed by atoms with Gasteiger partial charge in [0.1, 0.15) is 0 Å². The van der Waals surface area contributed by atoms with Crippen LogP contribution in [0.5, 0.6) is 0 Å². The molecule has 1 aliphatic heterocycles. The fraction of sp³-hybridized carbons (Fsp3) is 0.778. The lowest BCUT2D eigenvalue weighted by molar-refractivity contribution is -0.192. The molecule has 1 fully saturated rings. The maximum absolute atomic E-state index is 12.7. The van der Waals surface area contributed by atoms with Crippen molar-refractivity contribution in [1.29, 1.82) is 0 Å². The van der Waals surface area contributed by atoms with Crippen LogP contribution < -0.4 is 5.32 Å². The van der Waals surface area contributed by atoms with Gasteiger partial charge < -0.3 is 10.4 Å². The van der Waals surface area contributed by atoms with E-state index < -0.39 is 24.1 Å². The molecular formula is C9H13F5N2O3. The number of aliphatic carboxylic acids is 1. The van der Waals surface area contributed by atoms with Gasteiger partial charge in [0, 0.05) is 13.5 Å². The van der Waals surface area contributed by atoms with E-state index in [0.717, 1.165) is 0 Å². The molecule has 0 aromatic heterocycles. The van der Waals surface area contributed by atoms with Crippen LogP contribution in [0, 0.1) is 0 Å². The van der Waals surface area contributed by atoms with Gasteiger partial charge in [0.15, 0.2) is 0 Å². The molecule has 1 rings (SSSR count). The number of carboxylic acid groups (broad SMARTS) is 1. The van der Waals surface area contributed by atoms with Gasteiger partial charge in [0.05, 0.1) is 12.6 Å². The first-order chi connectivity index (χ1) is 8.40. The van der Waals surface area contributed by atoms with Gasteiger partial charge in [-0.2, -0.15) is 13.2 Å². The molecule has 10 heteroatoms. The zero-order valence-corrected chi connectivity index (χ0v) is 10.1. The lowest BCUT2D eigenvalue weighted by Crippen LogP contribution is -2.39. The van der Waals surface area contributed by atoms with Crippen LogP contribution >= 0.6 is 0 Å². The van der Waals surface area contributed by atoms with Crippen molar-refractivity contribution < 1.29 is 36.6 Å². The minimum atomic E-state index is -5.08. The van der Waals surface area contributed by atoms with Crippen molar-refractivity contribution in [2.45, 2.75) is 24.6 Å². The Balaban J connectivity index is 0.000000399. The zero-order chi connectivity index (χ0) is 15.4.